The first-order valence-electron chi connectivity index (χ1n) is 3.31. The molecule has 68 valence electrons. The van der Waals surface area contributed by atoms with Crippen molar-refractivity contribution in [1.82, 2.24) is 10.4 Å². The third-order valence-corrected chi connectivity index (χ3v) is 0.737. The molecule has 0 fully saturated rings. The lowest BCUT2D eigenvalue weighted by Gasteiger charge is -2.05. The molecule has 0 aliphatic carbocycles. The van der Waals surface area contributed by atoms with Crippen LogP contribution in [0.15, 0.2) is 0 Å². The minimum atomic E-state index is -0.514. The third-order valence-electron chi connectivity index (χ3n) is 0.737. The molecule has 2 amide bonds. The van der Waals surface area contributed by atoms with Gasteiger partial charge in [-0.3, -0.25) is 0 Å². The molecule has 0 aliphatic rings. The summed E-state index contributed by atoms with van der Waals surface area (Å²) < 4.78 is 0. The zero-order valence-corrected chi connectivity index (χ0v) is 7.00. The van der Waals surface area contributed by atoms with Crippen LogP contribution in [-0.2, 0) is 0 Å². The second-order valence-corrected chi connectivity index (χ2v) is 1.75. The minimum Gasteiger partial charge on any atom is -0.339 e. The summed E-state index contributed by atoms with van der Waals surface area (Å²) in [5.74, 6) is 9.49. The molecule has 11 heavy (non-hydrogen) atoms. The van der Waals surface area contributed by atoms with Crippen LogP contribution in [0, 0.1) is 0 Å². The van der Waals surface area contributed by atoms with Crippen LogP contribution in [0.4, 0.5) is 4.79 Å². The number of hydrogen-bond donors (Lipinski definition) is 4. The summed E-state index contributed by atoms with van der Waals surface area (Å²) in [6, 6.07) is -0.514. The standard InChI is InChI=1S/C3H9N.C2H8N4O/c1-2-3-4;1-5-2(7)6(3)4/h2-4H2,1H3;3-4H2,1H3,(H,5,7). The lowest BCUT2D eigenvalue weighted by Crippen LogP contribution is -2.47. The highest BCUT2D eigenvalue weighted by Gasteiger charge is 1.95. The third kappa shape index (κ3) is 12.4. The Morgan fingerprint density at radius 1 is 1.55 bits per heavy atom. The number of hydrazine groups is 2. The molecular formula is C5H17N5O. The number of nitrogens with zero attached hydrogens (tertiary/aromatic N) is 1. The van der Waals surface area contributed by atoms with E-state index in [1.807, 2.05) is 0 Å². The first-order valence-corrected chi connectivity index (χ1v) is 3.31. The van der Waals surface area contributed by atoms with Crippen molar-refractivity contribution in [3.8, 4) is 0 Å². The second kappa shape index (κ2) is 9.15. The summed E-state index contributed by atoms with van der Waals surface area (Å²) in [7, 11) is 1.44. The number of rotatable bonds is 1. The number of amides is 2. The van der Waals surface area contributed by atoms with Crippen LogP contribution in [0.5, 0.6) is 0 Å². The molecule has 0 aromatic heterocycles. The summed E-state index contributed by atoms with van der Waals surface area (Å²) in [4.78, 5) is 10.1. The Hall–Kier alpha value is -0.850. The SMILES string of the molecule is CCCN.CNC(=O)N(N)N. The predicted octanol–water partition coefficient (Wildman–Crippen LogP) is -1.27. The Bertz CT molecular complexity index is 92.9. The van der Waals surface area contributed by atoms with Crippen LogP contribution in [0.2, 0.25) is 0 Å². The van der Waals surface area contributed by atoms with E-state index in [1.54, 1.807) is 0 Å². The summed E-state index contributed by atoms with van der Waals surface area (Å²) in [5.41, 5.74) is 5.03. The van der Waals surface area contributed by atoms with Gasteiger partial charge in [0.05, 0.1) is 0 Å². The molecule has 0 bridgehead atoms. The van der Waals surface area contributed by atoms with Crippen LogP contribution >= 0.6 is 0 Å². The van der Waals surface area contributed by atoms with E-state index < -0.39 is 6.03 Å². The fraction of sp³-hybridized carbons (Fsp3) is 0.800. The van der Waals surface area contributed by atoms with Gasteiger partial charge in [0, 0.05) is 7.05 Å². The smallest absolute Gasteiger partial charge is 0.339 e. The number of carbonyl (C=O) groups excluding carboxylic acids is 1. The van der Waals surface area contributed by atoms with Gasteiger partial charge < -0.3 is 11.1 Å². The average molecular weight is 163 g/mol. The predicted molar refractivity (Wildman–Crippen MR) is 44.0 cm³/mol. The summed E-state index contributed by atoms with van der Waals surface area (Å²) >= 11 is 0. The van der Waals surface area contributed by atoms with Crippen molar-refractivity contribution in [1.29, 1.82) is 0 Å². The van der Waals surface area contributed by atoms with Gasteiger partial charge in [-0.1, -0.05) is 6.92 Å². The number of urea groups is 1. The molecule has 0 spiro atoms. The molecule has 0 heterocycles. The Kier molecular flexibility index (Phi) is 10.6. The molecule has 0 aliphatic heterocycles. The molecule has 0 radical (unpaired) electrons. The van der Waals surface area contributed by atoms with Crippen molar-refractivity contribution < 1.29 is 4.79 Å². The monoisotopic (exact) mass is 163 g/mol. The van der Waals surface area contributed by atoms with E-state index in [4.69, 9.17) is 17.4 Å². The van der Waals surface area contributed by atoms with Crippen LogP contribution in [0.3, 0.4) is 0 Å². The molecule has 7 N–H and O–H groups in total. The molecule has 0 saturated heterocycles. The van der Waals surface area contributed by atoms with Gasteiger partial charge in [-0.05, 0) is 13.0 Å². The van der Waals surface area contributed by atoms with E-state index in [0.717, 1.165) is 13.0 Å². The molecule has 6 heteroatoms. The molecule has 6 nitrogen and oxygen atoms in total. The van der Waals surface area contributed by atoms with Gasteiger partial charge in [0.1, 0.15) is 0 Å². The zero-order chi connectivity index (χ0) is 9.28. The Morgan fingerprint density at radius 2 is 1.91 bits per heavy atom. The van der Waals surface area contributed by atoms with E-state index in [2.05, 4.69) is 12.2 Å². The minimum absolute atomic E-state index is 0.472. The van der Waals surface area contributed by atoms with Crippen LogP contribution in [-0.4, -0.2) is 24.7 Å². The maximum absolute atomic E-state index is 10.1. The van der Waals surface area contributed by atoms with Crippen molar-refractivity contribution in [2.45, 2.75) is 13.3 Å². The fourth-order valence-corrected chi connectivity index (χ4v) is 0.129. The molecule has 0 rings (SSSR count). The molecular weight excluding hydrogens is 146 g/mol. The molecule has 0 atom stereocenters. The summed E-state index contributed by atoms with van der Waals surface area (Å²) in [6.07, 6.45) is 1.10. The summed E-state index contributed by atoms with van der Waals surface area (Å²) in [6.45, 7) is 2.88. The molecule has 0 unspecified atom stereocenters. The highest BCUT2D eigenvalue weighted by Crippen LogP contribution is 1.61. The van der Waals surface area contributed by atoms with Crippen LogP contribution in [0.25, 0.3) is 0 Å². The van der Waals surface area contributed by atoms with Gasteiger partial charge in [0.25, 0.3) is 0 Å². The molecule has 0 aromatic rings. The normalized spacial score (nSPS) is 7.73. The van der Waals surface area contributed by atoms with E-state index in [-0.39, 0.29) is 0 Å². The fourth-order valence-electron chi connectivity index (χ4n) is 0.129. The maximum Gasteiger partial charge on any atom is 0.346 e. The number of hydrogen-bond acceptors (Lipinski definition) is 4. The van der Waals surface area contributed by atoms with Crippen molar-refractivity contribution >= 4 is 6.03 Å². The van der Waals surface area contributed by atoms with Crippen molar-refractivity contribution in [3.05, 3.63) is 0 Å². The van der Waals surface area contributed by atoms with Gasteiger partial charge in [0.2, 0.25) is 0 Å². The average Bonchev–Trinajstić information content (AvgIpc) is 2.03. The van der Waals surface area contributed by atoms with Gasteiger partial charge in [-0.25, -0.2) is 16.5 Å². The van der Waals surface area contributed by atoms with Crippen molar-refractivity contribution in [2.24, 2.45) is 17.4 Å². The van der Waals surface area contributed by atoms with Gasteiger partial charge in [0.15, 0.2) is 0 Å². The quantitative estimate of drug-likeness (QED) is 0.219. The van der Waals surface area contributed by atoms with E-state index in [0.29, 0.717) is 5.12 Å². The highest BCUT2D eigenvalue weighted by molar-refractivity contribution is 5.72. The number of nitrogens with one attached hydrogen (secondary N) is 1. The largest absolute Gasteiger partial charge is 0.346 e. The van der Waals surface area contributed by atoms with Crippen LogP contribution < -0.4 is 22.7 Å². The summed E-state index contributed by atoms with van der Waals surface area (Å²) in [5, 5.41) is 2.67. The topological polar surface area (TPSA) is 110 Å². The van der Waals surface area contributed by atoms with E-state index >= 15 is 0 Å². The van der Waals surface area contributed by atoms with E-state index in [9.17, 15) is 4.79 Å². The van der Waals surface area contributed by atoms with Gasteiger partial charge >= 0.3 is 6.03 Å². The Balaban J connectivity index is 0. The number of nitrogens with two attached hydrogens (primary N) is 3. The lowest BCUT2D eigenvalue weighted by atomic mass is 10.5. The van der Waals surface area contributed by atoms with Crippen molar-refractivity contribution in [2.75, 3.05) is 13.6 Å². The molecule has 0 saturated carbocycles. The molecule has 0 aromatic carbocycles. The van der Waals surface area contributed by atoms with Gasteiger partial charge in [-0.15, -0.1) is 0 Å². The zero-order valence-electron chi connectivity index (χ0n) is 7.00. The lowest BCUT2D eigenvalue weighted by molar-refractivity contribution is 0.202. The Morgan fingerprint density at radius 3 is 1.91 bits per heavy atom. The Labute approximate surface area is 66.6 Å². The maximum atomic E-state index is 10.1. The van der Waals surface area contributed by atoms with Gasteiger partial charge in [-0.2, -0.15) is 5.12 Å². The van der Waals surface area contributed by atoms with E-state index in [1.165, 1.54) is 7.05 Å². The van der Waals surface area contributed by atoms with Crippen LogP contribution in [0.1, 0.15) is 13.3 Å². The first-order chi connectivity index (χ1) is 5.09. The highest BCUT2D eigenvalue weighted by atomic mass is 16.2. The second-order valence-electron chi connectivity index (χ2n) is 1.75. The number of carbonyl (C=O) groups is 1. The van der Waals surface area contributed by atoms with Crippen molar-refractivity contribution in [3.63, 3.8) is 0 Å². The first kappa shape index (κ1) is 12.8.